The summed E-state index contributed by atoms with van der Waals surface area (Å²) in [6, 6.07) is 4.56. The third-order valence-corrected chi connectivity index (χ3v) is 3.81. The maximum atomic E-state index is 11.6. The van der Waals surface area contributed by atoms with Crippen LogP contribution in [0.4, 0.5) is 0 Å². The fourth-order valence-electron chi connectivity index (χ4n) is 2.87. The number of esters is 1. The maximum absolute atomic E-state index is 11.6. The number of aromatic nitrogens is 1. The van der Waals surface area contributed by atoms with E-state index in [9.17, 15) is 4.79 Å². The van der Waals surface area contributed by atoms with Gasteiger partial charge in [0.25, 0.3) is 0 Å². The maximum Gasteiger partial charge on any atom is 0.306 e. The van der Waals surface area contributed by atoms with Crippen LogP contribution in [0.3, 0.4) is 0 Å². The number of ether oxygens (including phenoxy) is 1. The molecule has 0 aromatic carbocycles. The average molecular weight is 304 g/mol. The molecule has 22 heavy (non-hydrogen) atoms. The van der Waals surface area contributed by atoms with Crippen LogP contribution in [0.2, 0.25) is 0 Å². The number of unbranched alkanes of at least 4 members (excludes halogenated alkanes) is 1. The number of hydrogen-bond acceptors (Lipinski definition) is 4. The lowest BCUT2D eigenvalue weighted by molar-refractivity contribution is -0.154. The zero-order valence-corrected chi connectivity index (χ0v) is 14.0. The molecule has 0 amide bonds. The van der Waals surface area contributed by atoms with Gasteiger partial charge in [-0.2, -0.15) is 0 Å². The van der Waals surface area contributed by atoms with Gasteiger partial charge >= 0.3 is 5.97 Å². The largest absolute Gasteiger partial charge is 0.460 e. The molecule has 2 rings (SSSR count). The fourth-order valence-corrected chi connectivity index (χ4v) is 2.87. The van der Waals surface area contributed by atoms with Gasteiger partial charge in [-0.1, -0.05) is 6.07 Å². The van der Waals surface area contributed by atoms with E-state index in [-0.39, 0.29) is 11.6 Å². The standard InChI is InChI=1S/C18H28N2O2/c1-18(2,3)22-16(21)11-4-5-12-19-15-10-6-8-14-9-7-13-20-17(14)15/h7,9,13,15,19H,4-6,8,10-12H2,1-3H3. The zero-order chi connectivity index (χ0) is 16.0. The van der Waals surface area contributed by atoms with Gasteiger partial charge in [0, 0.05) is 18.7 Å². The Morgan fingerprint density at radius 3 is 3.00 bits per heavy atom. The predicted octanol–water partition coefficient (Wildman–Crippen LogP) is 3.56. The van der Waals surface area contributed by atoms with E-state index in [1.54, 1.807) is 0 Å². The number of pyridine rings is 1. The van der Waals surface area contributed by atoms with Crippen molar-refractivity contribution in [3.63, 3.8) is 0 Å². The Hall–Kier alpha value is -1.42. The third kappa shape index (κ3) is 5.41. The average Bonchev–Trinajstić information content (AvgIpc) is 2.45. The highest BCUT2D eigenvalue weighted by Crippen LogP contribution is 2.27. The molecule has 0 saturated heterocycles. The summed E-state index contributed by atoms with van der Waals surface area (Å²) in [5.74, 6) is -0.0998. The Morgan fingerprint density at radius 2 is 2.23 bits per heavy atom. The summed E-state index contributed by atoms with van der Waals surface area (Å²) in [5, 5.41) is 3.59. The van der Waals surface area contributed by atoms with Crippen LogP contribution in [0.25, 0.3) is 0 Å². The Morgan fingerprint density at radius 1 is 1.41 bits per heavy atom. The van der Waals surface area contributed by atoms with Crippen LogP contribution in [-0.2, 0) is 16.0 Å². The van der Waals surface area contributed by atoms with Crippen molar-refractivity contribution in [2.75, 3.05) is 6.54 Å². The van der Waals surface area contributed by atoms with E-state index < -0.39 is 0 Å². The molecule has 1 N–H and O–H groups in total. The summed E-state index contributed by atoms with van der Waals surface area (Å²) in [6.45, 7) is 6.63. The first-order valence-electron chi connectivity index (χ1n) is 8.35. The summed E-state index contributed by atoms with van der Waals surface area (Å²) in [7, 11) is 0. The first kappa shape index (κ1) is 16.9. The molecule has 122 valence electrons. The van der Waals surface area contributed by atoms with Gasteiger partial charge in [0.2, 0.25) is 0 Å². The van der Waals surface area contributed by atoms with Crippen molar-refractivity contribution < 1.29 is 9.53 Å². The quantitative estimate of drug-likeness (QED) is 0.645. The summed E-state index contributed by atoms with van der Waals surface area (Å²) < 4.78 is 5.31. The molecule has 1 aromatic heterocycles. The molecule has 0 saturated carbocycles. The molecule has 1 atom stereocenters. The van der Waals surface area contributed by atoms with E-state index in [0.29, 0.717) is 12.5 Å². The van der Waals surface area contributed by atoms with Crippen LogP contribution in [0.15, 0.2) is 18.3 Å². The predicted molar refractivity (Wildman–Crippen MR) is 87.6 cm³/mol. The van der Waals surface area contributed by atoms with Gasteiger partial charge in [-0.3, -0.25) is 9.78 Å². The van der Waals surface area contributed by atoms with E-state index in [0.717, 1.165) is 32.2 Å². The van der Waals surface area contributed by atoms with Gasteiger partial charge in [0.05, 0.1) is 5.69 Å². The molecule has 0 radical (unpaired) electrons. The molecule has 1 aliphatic carbocycles. The number of rotatable bonds is 6. The number of carbonyl (C=O) groups is 1. The molecule has 1 unspecified atom stereocenters. The fraction of sp³-hybridized carbons (Fsp3) is 0.667. The summed E-state index contributed by atoms with van der Waals surface area (Å²) >= 11 is 0. The lowest BCUT2D eigenvalue weighted by atomic mass is 9.92. The van der Waals surface area contributed by atoms with Gasteiger partial charge in [-0.25, -0.2) is 0 Å². The first-order valence-corrected chi connectivity index (χ1v) is 8.35. The normalized spacial score (nSPS) is 17.9. The lowest BCUT2D eigenvalue weighted by Crippen LogP contribution is -2.27. The van der Waals surface area contributed by atoms with Crippen molar-refractivity contribution in [3.05, 3.63) is 29.6 Å². The van der Waals surface area contributed by atoms with E-state index in [1.807, 2.05) is 33.0 Å². The van der Waals surface area contributed by atoms with E-state index >= 15 is 0 Å². The smallest absolute Gasteiger partial charge is 0.306 e. The first-order chi connectivity index (χ1) is 10.5. The van der Waals surface area contributed by atoms with Crippen LogP contribution in [0.5, 0.6) is 0 Å². The zero-order valence-electron chi connectivity index (χ0n) is 14.0. The third-order valence-electron chi connectivity index (χ3n) is 3.81. The van der Waals surface area contributed by atoms with Crippen molar-refractivity contribution in [1.29, 1.82) is 0 Å². The number of nitrogens with one attached hydrogen (secondary N) is 1. The lowest BCUT2D eigenvalue weighted by Gasteiger charge is -2.25. The highest BCUT2D eigenvalue weighted by atomic mass is 16.6. The van der Waals surface area contributed by atoms with Crippen LogP contribution >= 0.6 is 0 Å². The van der Waals surface area contributed by atoms with Crippen molar-refractivity contribution in [2.24, 2.45) is 0 Å². The minimum absolute atomic E-state index is 0.0998. The minimum Gasteiger partial charge on any atom is -0.460 e. The number of carbonyl (C=O) groups excluding carboxylic acids is 1. The van der Waals surface area contributed by atoms with Gasteiger partial charge in [-0.05, 0) is 71.0 Å². The van der Waals surface area contributed by atoms with Crippen LogP contribution in [0, 0.1) is 0 Å². The van der Waals surface area contributed by atoms with E-state index in [4.69, 9.17) is 4.74 Å². The SMILES string of the molecule is CC(C)(C)OC(=O)CCCCNC1CCCc2cccnc21. The minimum atomic E-state index is -0.382. The summed E-state index contributed by atoms with van der Waals surface area (Å²) in [4.78, 5) is 16.2. The summed E-state index contributed by atoms with van der Waals surface area (Å²) in [5.41, 5.74) is 2.20. The van der Waals surface area contributed by atoms with Crippen LogP contribution < -0.4 is 5.32 Å². The van der Waals surface area contributed by atoms with Crippen molar-refractivity contribution >= 4 is 5.97 Å². The second-order valence-corrected chi connectivity index (χ2v) is 6.99. The molecule has 1 aliphatic rings. The number of nitrogens with zero attached hydrogens (tertiary/aromatic N) is 1. The molecule has 0 bridgehead atoms. The highest BCUT2D eigenvalue weighted by molar-refractivity contribution is 5.69. The molecule has 0 aliphatic heterocycles. The second-order valence-electron chi connectivity index (χ2n) is 6.99. The second kappa shape index (κ2) is 7.73. The molecule has 4 heteroatoms. The van der Waals surface area contributed by atoms with Gasteiger partial charge in [0.15, 0.2) is 0 Å². The van der Waals surface area contributed by atoms with Crippen molar-refractivity contribution in [3.8, 4) is 0 Å². The summed E-state index contributed by atoms with van der Waals surface area (Å²) in [6.07, 6.45) is 7.73. The van der Waals surface area contributed by atoms with E-state index in [1.165, 1.54) is 17.7 Å². The van der Waals surface area contributed by atoms with E-state index in [2.05, 4.69) is 16.4 Å². The van der Waals surface area contributed by atoms with Gasteiger partial charge in [-0.15, -0.1) is 0 Å². The van der Waals surface area contributed by atoms with Crippen molar-refractivity contribution in [2.45, 2.75) is 70.9 Å². The number of fused-ring (bicyclic) bond motifs is 1. The molecule has 4 nitrogen and oxygen atoms in total. The van der Waals surface area contributed by atoms with Crippen molar-refractivity contribution in [1.82, 2.24) is 10.3 Å². The van der Waals surface area contributed by atoms with Crippen LogP contribution in [0.1, 0.15) is 70.2 Å². The topological polar surface area (TPSA) is 51.2 Å². The molecule has 1 heterocycles. The van der Waals surface area contributed by atoms with Crippen LogP contribution in [-0.4, -0.2) is 23.1 Å². The molecular formula is C18H28N2O2. The Kier molecular flexibility index (Phi) is 5.95. The monoisotopic (exact) mass is 304 g/mol. The molecular weight excluding hydrogens is 276 g/mol. The Balaban J connectivity index is 1.67. The molecule has 1 aromatic rings. The van der Waals surface area contributed by atoms with Gasteiger partial charge in [0.1, 0.15) is 5.60 Å². The molecule has 0 spiro atoms. The Labute approximate surface area is 133 Å². The number of aryl methyl sites for hydroxylation is 1. The highest BCUT2D eigenvalue weighted by Gasteiger charge is 2.20. The number of hydrogen-bond donors (Lipinski definition) is 1. The van der Waals surface area contributed by atoms with Gasteiger partial charge < -0.3 is 10.1 Å². The molecule has 0 fully saturated rings. The Bertz CT molecular complexity index is 494.